The van der Waals surface area contributed by atoms with Gasteiger partial charge in [-0.1, -0.05) is 56.0 Å². The Labute approximate surface area is 261 Å². The van der Waals surface area contributed by atoms with Crippen LogP contribution in [0.4, 0.5) is 11.6 Å². The second-order valence-electron chi connectivity index (χ2n) is 13.4. The molecular formula is C38H46N4S. The summed E-state index contributed by atoms with van der Waals surface area (Å²) in [4.78, 5) is 12.5. The van der Waals surface area contributed by atoms with Crippen LogP contribution < -0.4 is 5.32 Å². The number of aryl methyl sites for hydroxylation is 2. The van der Waals surface area contributed by atoms with Crippen molar-refractivity contribution in [1.82, 2.24) is 14.9 Å². The molecule has 5 heteroatoms. The number of rotatable bonds is 8. The average Bonchev–Trinajstić information content (AvgIpc) is 3.43. The van der Waals surface area contributed by atoms with Crippen molar-refractivity contribution in [2.75, 3.05) is 25.5 Å². The minimum atomic E-state index is 0.608. The standard InChI is InChI=1S/C38H46N4S/c1-42-21-18-28(19-22-42)7-5-6-27-10-12-30(13-11-27)34-25-31(29-8-3-2-4-9-29)14-16-36-35(34)26-39-38(41-36)40-33-15-17-37-32(24-33)20-23-43-37/h10-13,15,17,20,23-26,28-29,31H,2-9,14,16,18-19,21-22H2,1H3,(H,39,40,41). The molecule has 2 aromatic heterocycles. The molecule has 1 saturated carbocycles. The van der Waals surface area contributed by atoms with E-state index in [-0.39, 0.29) is 0 Å². The van der Waals surface area contributed by atoms with Gasteiger partial charge in [0.15, 0.2) is 0 Å². The van der Waals surface area contributed by atoms with Crippen LogP contribution in [-0.4, -0.2) is 35.0 Å². The summed E-state index contributed by atoms with van der Waals surface area (Å²) in [6, 6.07) is 18.2. The molecule has 7 rings (SSSR count). The van der Waals surface area contributed by atoms with Crippen molar-refractivity contribution < 1.29 is 0 Å². The largest absolute Gasteiger partial charge is 0.324 e. The van der Waals surface area contributed by atoms with Gasteiger partial charge in [-0.25, -0.2) is 9.97 Å². The number of nitrogens with zero attached hydrogens (tertiary/aromatic N) is 3. The first-order valence-electron chi connectivity index (χ1n) is 16.8. The van der Waals surface area contributed by atoms with E-state index in [1.807, 2.05) is 0 Å². The van der Waals surface area contributed by atoms with Crippen LogP contribution in [0.25, 0.3) is 15.7 Å². The van der Waals surface area contributed by atoms with Crippen LogP contribution in [0.2, 0.25) is 0 Å². The first kappa shape index (κ1) is 28.7. The van der Waals surface area contributed by atoms with Crippen molar-refractivity contribution in [2.45, 2.75) is 77.0 Å². The number of aromatic nitrogens is 2. The van der Waals surface area contributed by atoms with Gasteiger partial charge < -0.3 is 10.2 Å². The van der Waals surface area contributed by atoms with Crippen LogP contribution in [0.5, 0.6) is 0 Å². The van der Waals surface area contributed by atoms with Crippen molar-refractivity contribution in [3.63, 3.8) is 0 Å². The van der Waals surface area contributed by atoms with Crippen LogP contribution in [0.1, 0.15) is 86.6 Å². The number of piperidine rings is 1. The number of fused-ring (bicyclic) bond motifs is 2. The molecule has 1 saturated heterocycles. The summed E-state index contributed by atoms with van der Waals surface area (Å²) in [7, 11) is 2.26. The highest BCUT2D eigenvalue weighted by Crippen LogP contribution is 2.40. The van der Waals surface area contributed by atoms with Gasteiger partial charge in [0.05, 0.1) is 5.69 Å². The summed E-state index contributed by atoms with van der Waals surface area (Å²) >= 11 is 1.78. The number of likely N-dealkylation sites (tertiary alicyclic amines) is 1. The van der Waals surface area contributed by atoms with Gasteiger partial charge in [-0.2, -0.15) is 0 Å². The highest BCUT2D eigenvalue weighted by atomic mass is 32.1. The molecule has 43 heavy (non-hydrogen) atoms. The number of nitrogens with one attached hydrogen (secondary N) is 1. The smallest absolute Gasteiger partial charge is 0.227 e. The predicted octanol–water partition coefficient (Wildman–Crippen LogP) is 9.67. The zero-order chi connectivity index (χ0) is 29.0. The fourth-order valence-corrected chi connectivity index (χ4v) is 8.51. The van der Waals surface area contributed by atoms with E-state index in [1.54, 1.807) is 11.3 Å². The van der Waals surface area contributed by atoms with Crippen molar-refractivity contribution in [1.29, 1.82) is 0 Å². The third kappa shape index (κ3) is 6.89. The van der Waals surface area contributed by atoms with E-state index in [0.29, 0.717) is 11.9 Å². The molecule has 1 atom stereocenters. The molecule has 4 aromatic rings. The first-order valence-corrected chi connectivity index (χ1v) is 17.7. The van der Waals surface area contributed by atoms with E-state index in [2.05, 4.69) is 83.4 Å². The van der Waals surface area contributed by atoms with E-state index in [1.165, 1.54) is 122 Å². The minimum absolute atomic E-state index is 0.608. The molecule has 0 bridgehead atoms. The topological polar surface area (TPSA) is 41.1 Å². The summed E-state index contributed by atoms with van der Waals surface area (Å²) in [5, 5.41) is 6.90. The molecule has 1 N–H and O–H groups in total. The molecule has 1 unspecified atom stereocenters. The van der Waals surface area contributed by atoms with E-state index in [0.717, 1.165) is 23.9 Å². The molecule has 0 radical (unpaired) electrons. The monoisotopic (exact) mass is 590 g/mol. The summed E-state index contributed by atoms with van der Waals surface area (Å²) in [5.74, 6) is 3.01. The van der Waals surface area contributed by atoms with Gasteiger partial charge in [0.25, 0.3) is 0 Å². The quantitative estimate of drug-likeness (QED) is 0.222. The highest BCUT2D eigenvalue weighted by molar-refractivity contribution is 7.17. The maximum absolute atomic E-state index is 5.14. The Balaban J connectivity index is 1.10. The minimum Gasteiger partial charge on any atom is -0.324 e. The maximum atomic E-state index is 5.14. The lowest BCUT2D eigenvalue weighted by Crippen LogP contribution is -2.30. The molecule has 3 heterocycles. The second kappa shape index (κ2) is 13.3. The molecule has 2 fully saturated rings. The fraction of sp³-hybridized carbons (Fsp3) is 0.474. The third-order valence-electron chi connectivity index (χ3n) is 10.4. The number of benzene rings is 2. The molecule has 0 amide bonds. The SMILES string of the molecule is CN1CCC(CCCc2ccc(C3=CC(C4CCCCC4)CCc4nc(Nc5ccc6sccc6c5)ncc43)cc2)CC1. The number of anilines is 2. The molecule has 1 aliphatic heterocycles. The Morgan fingerprint density at radius 1 is 0.930 bits per heavy atom. The predicted molar refractivity (Wildman–Crippen MR) is 182 cm³/mol. The Kier molecular flexibility index (Phi) is 8.90. The van der Waals surface area contributed by atoms with E-state index < -0.39 is 0 Å². The maximum Gasteiger partial charge on any atom is 0.227 e. The van der Waals surface area contributed by atoms with E-state index in [9.17, 15) is 0 Å². The second-order valence-corrected chi connectivity index (χ2v) is 14.3. The number of allylic oxidation sites excluding steroid dienone is 1. The summed E-state index contributed by atoms with van der Waals surface area (Å²) in [5.41, 5.74) is 7.56. The van der Waals surface area contributed by atoms with E-state index in [4.69, 9.17) is 9.97 Å². The van der Waals surface area contributed by atoms with Gasteiger partial charge in [0, 0.05) is 22.1 Å². The zero-order valence-electron chi connectivity index (χ0n) is 25.7. The van der Waals surface area contributed by atoms with Crippen LogP contribution >= 0.6 is 11.3 Å². The molecule has 2 aromatic carbocycles. The van der Waals surface area contributed by atoms with Crippen molar-refractivity contribution in [3.05, 3.63) is 88.6 Å². The molecule has 224 valence electrons. The Morgan fingerprint density at radius 3 is 2.60 bits per heavy atom. The van der Waals surface area contributed by atoms with Gasteiger partial charge in [-0.15, -0.1) is 11.3 Å². The van der Waals surface area contributed by atoms with Crippen LogP contribution in [-0.2, 0) is 12.8 Å². The lowest BCUT2D eigenvalue weighted by atomic mass is 9.77. The Morgan fingerprint density at radius 2 is 1.77 bits per heavy atom. The number of hydrogen-bond acceptors (Lipinski definition) is 5. The van der Waals surface area contributed by atoms with Crippen LogP contribution in [0.15, 0.2) is 66.2 Å². The van der Waals surface area contributed by atoms with Crippen molar-refractivity contribution in [2.24, 2.45) is 17.8 Å². The molecule has 3 aliphatic rings. The van der Waals surface area contributed by atoms with Crippen LogP contribution in [0.3, 0.4) is 0 Å². The molecule has 4 nitrogen and oxygen atoms in total. The molecular weight excluding hydrogens is 545 g/mol. The van der Waals surface area contributed by atoms with Gasteiger partial charge >= 0.3 is 0 Å². The van der Waals surface area contributed by atoms with Crippen LogP contribution in [0, 0.1) is 17.8 Å². The highest BCUT2D eigenvalue weighted by Gasteiger charge is 2.27. The summed E-state index contributed by atoms with van der Waals surface area (Å²) in [6.45, 7) is 2.54. The van der Waals surface area contributed by atoms with Gasteiger partial charge in [0.1, 0.15) is 0 Å². The summed E-state index contributed by atoms with van der Waals surface area (Å²) < 4.78 is 1.31. The zero-order valence-corrected chi connectivity index (χ0v) is 26.5. The summed E-state index contributed by atoms with van der Waals surface area (Å²) in [6.07, 6.45) is 20.3. The average molecular weight is 591 g/mol. The fourth-order valence-electron chi connectivity index (χ4n) is 7.74. The lowest BCUT2D eigenvalue weighted by molar-refractivity contribution is 0.210. The van der Waals surface area contributed by atoms with E-state index >= 15 is 0 Å². The van der Waals surface area contributed by atoms with Crippen molar-refractivity contribution >= 4 is 38.6 Å². The van der Waals surface area contributed by atoms with Crippen molar-refractivity contribution in [3.8, 4) is 0 Å². The number of thiophene rings is 1. The van der Waals surface area contributed by atoms with Gasteiger partial charge in [-0.3, -0.25) is 0 Å². The number of hydrogen-bond donors (Lipinski definition) is 1. The first-order chi connectivity index (χ1) is 21.2. The lowest BCUT2D eigenvalue weighted by Gasteiger charge is -2.28. The Bertz CT molecular complexity index is 1540. The molecule has 0 spiro atoms. The van der Waals surface area contributed by atoms with Gasteiger partial charge in [0.2, 0.25) is 5.95 Å². The Hall–Kier alpha value is -3.02. The molecule has 2 aliphatic carbocycles. The van der Waals surface area contributed by atoms with Gasteiger partial charge in [-0.05, 0) is 141 Å². The normalized spacial score (nSPS) is 20.5. The third-order valence-corrected chi connectivity index (χ3v) is 11.3.